The molecule has 0 radical (unpaired) electrons. The maximum absolute atomic E-state index is 13.1. The maximum atomic E-state index is 13.1. The highest BCUT2D eigenvalue weighted by Crippen LogP contribution is 2.33. The summed E-state index contributed by atoms with van der Waals surface area (Å²) in [6, 6.07) is 14.7. The molecule has 33 heavy (non-hydrogen) atoms. The average Bonchev–Trinajstić information content (AvgIpc) is 3.33. The third-order valence-electron chi connectivity index (χ3n) is 4.32. The zero-order valence-corrected chi connectivity index (χ0v) is 16.9. The summed E-state index contributed by atoms with van der Waals surface area (Å²) in [6.07, 6.45) is -0.434. The molecule has 168 valence electrons. The Hall–Kier alpha value is -4.41. The van der Waals surface area contributed by atoms with Gasteiger partial charge in [-0.15, -0.1) is 0 Å². The maximum Gasteiger partial charge on any atom is 0.416 e. The average molecular weight is 455 g/mol. The van der Waals surface area contributed by atoms with Gasteiger partial charge in [0, 0.05) is 12.3 Å². The van der Waals surface area contributed by atoms with E-state index in [-0.39, 0.29) is 11.4 Å². The highest BCUT2D eigenvalue weighted by Gasteiger charge is 2.31. The lowest BCUT2D eigenvalue weighted by atomic mass is 10.1. The fraction of sp³-hybridized carbons (Fsp3) is 0.0909. The van der Waals surface area contributed by atoms with Crippen LogP contribution in [0.1, 0.15) is 5.56 Å². The van der Waals surface area contributed by atoms with Crippen LogP contribution in [0, 0.1) is 0 Å². The van der Waals surface area contributed by atoms with Crippen LogP contribution >= 0.6 is 0 Å². The number of hydrogen-bond acceptors (Lipinski definition) is 6. The Kier molecular flexibility index (Phi) is 6.20. The highest BCUT2D eigenvalue weighted by molar-refractivity contribution is 5.94. The third-order valence-corrected chi connectivity index (χ3v) is 4.32. The van der Waals surface area contributed by atoms with Crippen LogP contribution in [-0.2, 0) is 11.0 Å². The second kappa shape index (κ2) is 9.39. The van der Waals surface area contributed by atoms with Crippen molar-refractivity contribution < 1.29 is 27.4 Å². The van der Waals surface area contributed by atoms with Crippen molar-refractivity contribution in [3.05, 3.63) is 85.1 Å². The smallest absolute Gasteiger partial charge is 0.416 e. The summed E-state index contributed by atoms with van der Waals surface area (Å²) in [7, 11) is 0. The number of alkyl halides is 3. The van der Waals surface area contributed by atoms with E-state index < -0.39 is 24.3 Å². The Morgan fingerprint density at radius 3 is 2.48 bits per heavy atom. The van der Waals surface area contributed by atoms with Crippen LogP contribution in [0.25, 0.3) is 5.69 Å². The lowest BCUT2D eigenvalue weighted by Crippen LogP contribution is -2.21. The zero-order valence-electron chi connectivity index (χ0n) is 16.9. The molecule has 0 fully saturated rings. The molecule has 0 unspecified atom stereocenters. The predicted molar refractivity (Wildman–Crippen MR) is 111 cm³/mol. The van der Waals surface area contributed by atoms with Crippen molar-refractivity contribution >= 4 is 11.6 Å². The molecule has 0 aliphatic rings. The van der Waals surface area contributed by atoms with E-state index in [1.165, 1.54) is 23.4 Å². The summed E-state index contributed by atoms with van der Waals surface area (Å²) < 4.78 is 51.7. The first kappa shape index (κ1) is 21.8. The van der Waals surface area contributed by atoms with Gasteiger partial charge >= 0.3 is 6.18 Å². The summed E-state index contributed by atoms with van der Waals surface area (Å²) in [4.78, 5) is 20.2. The number of rotatable bonds is 7. The number of nitrogens with one attached hydrogen (secondary N) is 1. The van der Waals surface area contributed by atoms with Crippen molar-refractivity contribution in [1.82, 2.24) is 19.7 Å². The topological polar surface area (TPSA) is 91.2 Å². The zero-order chi connectivity index (χ0) is 23.3. The molecule has 2 aromatic heterocycles. The van der Waals surface area contributed by atoms with Crippen LogP contribution in [-0.4, -0.2) is 32.3 Å². The molecule has 4 rings (SSSR count). The molecule has 0 atom stereocenters. The van der Waals surface area contributed by atoms with Gasteiger partial charge in [-0.2, -0.15) is 18.3 Å². The monoisotopic (exact) mass is 455 g/mol. The Labute approximate surface area is 185 Å². The van der Waals surface area contributed by atoms with E-state index in [1.807, 2.05) is 0 Å². The van der Waals surface area contributed by atoms with Gasteiger partial charge in [-0.05, 0) is 48.5 Å². The van der Waals surface area contributed by atoms with Gasteiger partial charge in [0.05, 0.1) is 16.9 Å². The standard InChI is InChI=1S/C22H16F3N5O3/c23-22(24,25)15-4-9-19(30-14-26-13-28-30)18(11-15)29-20(31)12-32-16-5-7-17(8-6-16)33-21-3-1-2-10-27-21/h1-11,13-14H,12H2,(H,29,31). The van der Waals surface area contributed by atoms with Gasteiger partial charge < -0.3 is 14.8 Å². The minimum atomic E-state index is -4.57. The van der Waals surface area contributed by atoms with Crippen molar-refractivity contribution in [2.24, 2.45) is 0 Å². The minimum absolute atomic E-state index is 0.0805. The second-order valence-corrected chi connectivity index (χ2v) is 6.65. The molecule has 2 heterocycles. The number of ether oxygens (including phenoxy) is 2. The molecule has 0 saturated carbocycles. The number of carbonyl (C=O) groups is 1. The van der Waals surface area contributed by atoms with Gasteiger partial charge in [0.15, 0.2) is 6.61 Å². The molecule has 2 aromatic carbocycles. The number of benzene rings is 2. The van der Waals surface area contributed by atoms with Crippen molar-refractivity contribution in [1.29, 1.82) is 0 Å². The second-order valence-electron chi connectivity index (χ2n) is 6.65. The van der Waals surface area contributed by atoms with Gasteiger partial charge in [-0.1, -0.05) is 6.07 Å². The van der Waals surface area contributed by atoms with E-state index in [9.17, 15) is 18.0 Å². The molecular weight excluding hydrogens is 439 g/mol. The molecule has 0 spiro atoms. The van der Waals surface area contributed by atoms with Crippen LogP contribution in [0.15, 0.2) is 79.5 Å². The number of carbonyl (C=O) groups excluding carboxylic acids is 1. The van der Waals surface area contributed by atoms with Crippen molar-refractivity contribution in [2.75, 3.05) is 11.9 Å². The van der Waals surface area contributed by atoms with Crippen LogP contribution in [0.4, 0.5) is 18.9 Å². The third kappa shape index (κ3) is 5.64. The number of hydrogen-bond donors (Lipinski definition) is 1. The van der Waals surface area contributed by atoms with Crippen LogP contribution in [0.3, 0.4) is 0 Å². The number of amides is 1. The number of nitrogens with zero attached hydrogens (tertiary/aromatic N) is 4. The largest absolute Gasteiger partial charge is 0.484 e. The van der Waals surface area contributed by atoms with Gasteiger partial charge in [-0.25, -0.2) is 14.6 Å². The minimum Gasteiger partial charge on any atom is -0.484 e. The molecule has 11 heteroatoms. The van der Waals surface area contributed by atoms with Gasteiger partial charge in [0.2, 0.25) is 5.88 Å². The molecule has 8 nitrogen and oxygen atoms in total. The van der Waals surface area contributed by atoms with Crippen molar-refractivity contribution in [3.63, 3.8) is 0 Å². The van der Waals surface area contributed by atoms with Crippen LogP contribution in [0.2, 0.25) is 0 Å². The SMILES string of the molecule is O=C(COc1ccc(Oc2ccccn2)cc1)Nc1cc(C(F)(F)F)ccc1-n1cncn1. The van der Waals surface area contributed by atoms with E-state index >= 15 is 0 Å². The van der Waals surface area contributed by atoms with Crippen molar-refractivity contribution in [2.45, 2.75) is 6.18 Å². The quantitative estimate of drug-likeness (QED) is 0.442. The Bertz CT molecular complexity index is 1210. The predicted octanol–water partition coefficient (Wildman–Crippen LogP) is 4.49. The van der Waals surface area contributed by atoms with E-state index in [4.69, 9.17) is 9.47 Å². The number of anilines is 1. The number of halogens is 3. The van der Waals surface area contributed by atoms with E-state index in [2.05, 4.69) is 20.4 Å². The molecule has 0 aliphatic heterocycles. The van der Waals surface area contributed by atoms with Crippen LogP contribution in [0.5, 0.6) is 17.4 Å². The normalized spacial score (nSPS) is 11.1. The Morgan fingerprint density at radius 1 is 1.03 bits per heavy atom. The first-order valence-electron chi connectivity index (χ1n) is 9.56. The van der Waals surface area contributed by atoms with Gasteiger partial charge in [-0.3, -0.25) is 4.79 Å². The molecule has 0 aliphatic carbocycles. The summed E-state index contributed by atoms with van der Waals surface area (Å²) >= 11 is 0. The summed E-state index contributed by atoms with van der Waals surface area (Å²) in [5, 5.41) is 6.34. The van der Waals surface area contributed by atoms with E-state index in [0.717, 1.165) is 12.1 Å². The van der Waals surface area contributed by atoms with Gasteiger partial charge in [0.1, 0.15) is 24.2 Å². The summed E-state index contributed by atoms with van der Waals surface area (Å²) in [5.41, 5.74) is -0.765. The fourth-order valence-electron chi connectivity index (χ4n) is 2.81. The molecule has 0 bridgehead atoms. The lowest BCUT2D eigenvalue weighted by molar-refractivity contribution is -0.137. The molecule has 4 aromatic rings. The highest BCUT2D eigenvalue weighted by atomic mass is 19.4. The summed E-state index contributed by atoms with van der Waals surface area (Å²) in [5.74, 6) is 0.672. The first-order chi connectivity index (χ1) is 15.9. The first-order valence-corrected chi connectivity index (χ1v) is 9.56. The van der Waals surface area contributed by atoms with E-state index in [1.54, 1.807) is 48.7 Å². The lowest BCUT2D eigenvalue weighted by Gasteiger charge is -2.14. The number of aromatic nitrogens is 4. The molecule has 1 amide bonds. The molecule has 0 saturated heterocycles. The Balaban J connectivity index is 1.41. The summed E-state index contributed by atoms with van der Waals surface area (Å²) in [6.45, 7) is -0.423. The Morgan fingerprint density at radius 2 is 1.82 bits per heavy atom. The molecular formula is C22H16F3N5O3. The van der Waals surface area contributed by atoms with Gasteiger partial charge in [0.25, 0.3) is 5.91 Å². The van der Waals surface area contributed by atoms with Crippen LogP contribution < -0.4 is 14.8 Å². The van der Waals surface area contributed by atoms with Crippen molar-refractivity contribution in [3.8, 4) is 23.1 Å². The van der Waals surface area contributed by atoms with E-state index in [0.29, 0.717) is 17.4 Å². The number of pyridine rings is 1. The molecule has 1 N–H and O–H groups in total. The fourth-order valence-corrected chi connectivity index (χ4v) is 2.81.